The molecule has 4 aromatic rings. The van der Waals surface area contributed by atoms with E-state index in [9.17, 15) is 9.59 Å². The Kier molecular flexibility index (Phi) is 7.24. The van der Waals surface area contributed by atoms with Gasteiger partial charge in [0.05, 0.1) is 0 Å². The first kappa shape index (κ1) is 24.8. The molecule has 2 aromatic heterocycles. The topological polar surface area (TPSA) is 98.4 Å². The van der Waals surface area contributed by atoms with Crippen LogP contribution in [0.2, 0.25) is 0 Å². The molecule has 0 bridgehead atoms. The molecule has 0 spiro atoms. The van der Waals surface area contributed by atoms with Crippen LogP contribution in [0.5, 0.6) is 5.75 Å². The second kappa shape index (κ2) is 10.5. The van der Waals surface area contributed by atoms with Gasteiger partial charge in [-0.05, 0) is 66.4 Å². The number of hydrogen-bond donors (Lipinski definition) is 2. The molecule has 0 fully saturated rings. The molecule has 186 valence electrons. The lowest BCUT2D eigenvalue weighted by atomic mass is 9.87. The molecule has 0 saturated heterocycles. The Morgan fingerprint density at radius 2 is 1.64 bits per heavy atom. The largest absolute Gasteiger partial charge is 0.486 e. The first-order valence-corrected chi connectivity index (χ1v) is 11.8. The second-order valence-corrected chi connectivity index (χ2v) is 9.35. The number of nitrogens with one attached hydrogen (secondary N) is 2. The first-order chi connectivity index (χ1) is 17.2. The molecule has 0 aliphatic heterocycles. The zero-order chi connectivity index (χ0) is 25.7. The fraction of sp³-hybridized carbons (Fsp3) is 0.250. The van der Waals surface area contributed by atoms with E-state index in [0.717, 1.165) is 5.75 Å². The van der Waals surface area contributed by atoms with Crippen molar-refractivity contribution in [3.05, 3.63) is 95.7 Å². The third kappa shape index (κ3) is 6.02. The van der Waals surface area contributed by atoms with Crippen molar-refractivity contribution in [2.75, 3.05) is 10.6 Å². The number of rotatable bonds is 8. The molecule has 2 N–H and O–H groups in total. The summed E-state index contributed by atoms with van der Waals surface area (Å²) in [4.78, 5) is 25.2. The van der Waals surface area contributed by atoms with E-state index in [2.05, 4.69) is 36.5 Å². The maximum absolute atomic E-state index is 12.7. The third-order valence-electron chi connectivity index (χ3n) is 5.61. The van der Waals surface area contributed by atoms with Gasteiger partial charge in [0.2, 0.25) is 0 Å². The summed E-state index contributed by atoms with van der Waals surface area (Å²) in [6, 6.07) is 19.8. The molecule has 4 rings (SSSR count). The maximum atomic E-state index is 12.7. The molecule has 8 nitrogen and oxygen atoms in total. The van der Waals surface area contributed by atoms with Gasteiger partial charge in [-0.2, -0.15) is 5.10 Å². The second-order valence-electron chi connectivity index (χ2n) is 9.35. The standard InChI is InChI=1S/C28H30N4O4/c1-5-32-24(15-16-29-32)26(33)30-20-7-6-8-21(17-20)31-27(34)25-14-13-23(36-25)18-35-22-11-9-19(10-12-22)28(2,3)4/h6-17H,5,18H2,1-4H3,(H,30,33)(H,31,34). The van der Waals surface area contributed by atoms with Crippen molar-refractivity contribution >= 4 is 23.2 Å². The number of anilines is 2. The molecule has 2 aromatic carbocycles. The predicted octanol–water partition coefficient (Wildman–Crippen LogP) is 5.88. The minimum absolute atomic E-state index is 0.0751. The van der Waals surface area contributed by atoms with Gasteiger partial charge >= 0.3 is 0 Å². The van der Waals surface area contributed by atoms with Crippen molar-refractivity contribution in [1.82, 2.24) is 9.78 Å². The van der Waals surface area contributed by atoms with E-state index in [1.54, 1.807) is 53.3 Å². The summed E-state index contributed by atoms with van der Waals surface area (Å²) in [5.41, 5.74) is 2.83. The van der Waals surface area contributed by atoms with Gasteiger partial charge in [0.25, 0.3) is 11.8 Å². The van der Waals surface area contributed by atoms with Crippen LogP contribution in [0.4, 0.5) is 11.4 Å². The minimum Gasteiger partial charge on any atom is -0.486 e. The fourth-order valence-corrected chi connectivity index (χ4v) is 3.62. The number of ether oxygens (including phenoxy) is 1. The fourth-order valence-electron chi connectivity index (χ4n) is 3.62. The Morgan fingerprint density at radius 1 is 0.944 bits per heavy atom. The van der Waals surface area contributed by atoms with Crippen LogP contribution >= 0.6 is 0 Å². The Hall–Kier alpha value is -4.33. The molecular weight excluding hydrogens is 456 g/mol. The Bertz CT molecular complexity index is 1350. The highest BCUT2D eigenvalue weighted by atomic mass is 16.5. The van der Waals surface area contributed by atoms with Crippen molar-refractivity contribution < 1.29 is 18.7 Å². The van der Waals surface area contributed by atoms with Gasteiger partial charge in [-0.1, -0.05) is 39.0 Å². The van der Waals surface area contributed by atoms with Crippen molar-refractivity contribution in [2.24, 2.45) is 0 Å². The summed E-state index contributed by atoms with van der Waals surface area (Å²) in [7, 11) is 0. The molecule has 0 atom stereocenters. The molecule has 0 aliphatic rings. The molecule has 8 heteroatoms. The van der Waals surface area contributed by atoms with Crippen LogP contribution in [-0.2, 0) is 18.6 Å². The number of aromatic nitrogens is 2. The van der Waals surface area contributed by atoms with E-state index < -0.39 is 5.91 Å². The van der Waals surface area contributed by atoms with Gasteiger partial charge < -0.3 is 19.8 Å². The third-order valence-corrected chi connectivity index (χ3v) is 5.61. The zero-order valence-electron chi connectivity index (χ0n) is 20.9. The molecule has 0 unspecified atom stereocenters. The highest BCUT2D eigenvalue weighted by Crippen LogP contribution is 2.25. The number of aryl methyl sites for hydroxylation is 1. The monoisotopic (exact) mass is 486 g/mol. The van der Waals surface area contributed by atoms with E-state index in [1.165, 1.54) is 5.56 Å². The Labute approximate surface area is 210 Å². The number of carbonyl (C=O) groups excluding carboxylic acids is 2. The quantitative estimate of drug-likeness (QED) is 0.324. The number of carbonyl (C=O) groups is 2. The summed E-state index contributed by atoms with van der Waals surface area (Å²) >= 11 is 0. The molecule has 36 heavy (non-hydrogen) atoms. The van der Waals surface area contributed by atoms with Gasteiger partial charge in [-0.3, -0.25) is 14.3 Å². The summed E-state index contributed by atoms with van der Waals surface area (Å²) in [6.07, 6.45) is 1.58. The smallest absolute Gasteiger partial charge is 0.291 e. The molecule has 2 amide bonds. The van der Waals surface area contributed by atoms with Gasteiger partial charge in [0.15, 0.2) is 5.76 Å². The normalized spacial score (nSPS) is 11.2. The van der Waals surface area contributed by atoms with Crippen molar-refractivity contribution in [2.45, 2.75) is 46.3 Å². The molecule has 0 radical (unpaired) electrons. The number of amides is 2. The Morgan fingerprint density at radius 3 is 2.31 bits per heavy atom. The number of hydrogen-bond acceptors (Lipinski definition) is 5. The lowest BCUT2D eigenvalue weighted by Crippen LogP contribution is -2.17. The van der Waals surface area contributed by atoms with Crippen LogP contribution in [0, 0.1) is 0 Å². The van der Waals surface area contributed by atoms with E-state index in [-0.39, 0.29) is 23.7 Å². The minimum atomic E-state index is -0.400. The van der Waals surface area contributed by atoms with E-state index in [0.29, 0.717) is 29.4 Å². The zero-order valence-corrected chi connectivity index (χ0v) is 20.9. The van der Waals surface area contributed by atoms with Gasteiger partial charge in [-0.15, -0.1) is 0 Å². The van der Waals surface area contributed by atoms with Crippen LogP contribution in [0.15, 0.2) is 77.3 Å². The van der Waals surface area contributed by atoms with Crippen LogP contribution in [0.25, 0.3) is 0 Å². The molecular formula is C28H30N4O4. The Balaban J connectivity index is 1.34. The van der Waals surface area contributed by atoms with Crippen LogP contribution in [-0.4, -0.2) is 21.6 Å². The number of nitrogens with zero attached hydrogens (tertiary/aromatic N) is 2. The lowest BCUT2D eigenvalue weighted by Gasteiger charge is -2.19. The van der Waals surface area contributed by atoms with Crippen LogP contribution < -0.4 is 15.4 Å². The van der Waals surface area contributed by atoms with Crippen LogP contribution in [0.3, 0.4) is 0 Å². The lowest BCUT2D eigenvalue weighted by molar-refractivity contribution is 0.0990. The average molecular weight is 487 g/mol. The van der Waals surface area contributed by atoms with E-state index >= 15 is 0 Å². The maximum Gasteiger partial charge on any atom is 0.291 e. The summed E-state index contributed by atoms with van der Waals surface area (Å²) in [6.45, 7) is 9.19. The summed E-state index contributed by atoms with van der Waals surface area (Å²) in [5, 5.41) is 9.74. The average Bonchev–Trinajstić information content (AvgIpc) is 3.52. The van der Waals surface area contributed by atoms with Crippen LogP contribution in [0.1, 0.15) is 60.1 Å². The highest BCUT2D eigenvalue weighted by Gasteiger charge is 2.15. The SMILES string of the molecule is CCn1nccc1C(=O)Nc1cccc(NC(=O)c2ccc(COc3ccc(C(C)(C)C)cc3)o2)c1. The highest BCUT2D eigenvalue weighted by molar-refractivity contribution is 6.05. The molecule has 0 saturated carbocycles. The van der Waals surface area contributed by atoms with Crippen molar-refractivity contribution in [3.63, 3.8) is 0 Å². The van der Waals surface area contributed by atoms with Crippen molar-refractivity contribution in [3.8, 4) is 5.75 Å². The number of benzene rings is 2. The van der Waals surface area contributed by atoms with Gasteiger partial charge in [-0.25, -0.2) is 0 Å². The van der Waals surface area contributed by atoms with Crippen molar-refractivity contribution in [1.29, 1.82) is 0 Å². The summed E-state index contributed by atoms with van der Waals surface area (Å²) < 4.78 is 13.1. The first-order valence-electron chi connectivity index (χ1n) is 11.8. The van der Waals surface area contributed by atoms with E-state index in [4.69, 9.17) is 9.15 Å². The predicted molar refractivity (Wildman–Crippen MR) is 138 cm³/mol. The van der Waals surface area contributed by atoms with Gasteiger partial charge in [0, 0.05) is 24.1 Å². The molecule has 0 aliphatic carbocycles. The van der Waals surface area contributed by atoms with E-state index in [1.807, 2.05) is 31.2 Å². The summed E-state index contributed by atoms with van der Waals surface area (Å²) in [5.74, 6) is 0.752. The molecule has 2 heterocycles. The number of furan rings is 1. The van der Waals surface area contributed by atoms with Gasteiger partial charge in [0.1, 0.15) is 23.8 Å².